The van der Waals surface area contributed by atoms with Crippen molar-refractivity contribution in [1.82, 2.24) is 13.1 Å². The number of hydrogen-bond acceptors (Lipinski definition) is 2. The summed E-state index contributed by atoms with van der Waals surface area (Å²) in [5, 5.41) is 0. The van der Waals surface area contributed by atoms with Crippen LogP contribution in [0, 0.1) is 0 Å². The van der Waals surface area contributed by atoms with Gasteiger partial charge in [0.1, 0.15) is 0 Å². The summed E-state index contributed by atoms with van der Waals surface area (Å²) in [5.74, 6) is 0. The van der Waals surface area contributed by atoms with Gasteiger partial charge in [0.05, 0.1) is 27.7 Å². The van der Waals surface area contributed by atoms with E-state index >= 15 is 0 Å². The molecule has 4 nitrogen and oxygen atoms in total. The molecule has 0 saturated carbocycles. The molecule has 96 valence electrons. The molecule has 0 aliphatic carbocycles. The highest BCUT2D eigenvalue weighted by atomic mass is 79.9. The molecular formula is C14H12BrN3O. The van der Waals surface area contributed by atoms with E-state index < -0.39 is 0 Å². The van der Waals surface area contributed by atoms with E-state index in [1.807, 2.05) is 49.4 Å². The lowest BCUT2D eigenvalue weighted by molar-refractivity contribution is 0.633. The van der Waals surface area contributed by atoms with E-state index in [0.717, 1.165) is 11.1 Å². The molecular weight excluding hydrogens is 306 g/mol. The number of hydrogen-bond donors (Lipinski definition) is 0. The Bertz CT molecular complexity index is 776. The van der Waals surface area contributed by atoms with Crippen LogP contribution in [0.4, 0.5) is 0 Å². The number of benzene rings is 1. The molecule has 0 bridgehead atoms. The van der Waals surface area contributed by atoms with Gasteiger partial charge >= 0.3 is 5.69 Å². The lowest BCUT2D eigenvalue weighted by Crippen LogP contribution is -2.23. The van der Waals surface area contributed by atoms with Crippen molar-refractivity contribution in [3.05, 3.63) is 64.7 Å². The van der Waals surface area contributed by atoms with Crippen molar-refractivity contribution in [2.75, 3.05) is 0 Å². The van der Waals surface area contributed by atoms with Gasteiger partial charge in [-0.05, 0) is 24.6 Å². The zero-order valence-electron chi connectivity index (χ0n) is 10.3. The Kier molecular flexibility index (Phi) is 2.98. The first kappa shape index (κ1) is 12.2. The Morgan fingerprint density at radius 3 is 2.63 bits per heavy atom. The van der Waals surface area contributed by atoms with Gasteiger partial charge in [-0.25, -0.2) is 13.4 Å². The first-order valence-electron chi connectivity index (χ1n) is 5.99. The first-order valence-corrected chi connectivity index (χ1v) is 6.70. The summed E-state index contributed by atoms with van der Waals surface area (Å²) in [4.78, 5) is 16.6. The third-order valence-electron chi connectivity index (χ3n) is 3.25. The van der Waals surface area contributed by atoms with Gasteiger partial charge in [0.25, 0.3) is 0 Å². The maximum Gasteiger partial charge on any atom is 0.341 e. The zero-order valence-corrected chi connectivity index (χ0v) is 11.9. The minimum atomic E-state index is -0.120. The molecule has 0 saturated heterocycles. The van der Waals surface area contributed by atoms with Crippen molar-refractivity contribution in [3.8, 4) is 0 Å². The molecule has 3 aromatic rings. The molecule has 2 aromatic heterocycles. The van der Waals surface area contributed by atoms with E-state index in [9.17, 15) is 4.79 Å². The molecule has 0 aliphatic heterocycles. The molecule has 0 amide bonds. The third kappa shape index (κ3) is 1.90. The maximum absolute atomic E-state index is 12.3. The summed E-state index contributed by atoms with van der Waals surface area (Å²) in [6, 6.07) is 13.7. The number of imidazole rings is 1. The number of pyridine rings is 1. The SMILES string of the molecule is CC(c1ccccc1)n1c(=O)n(Br)c2ncccc21. The molecule has 0 fully saturated rings. The summed E-state index contributed by atoms with van der Waals surface area (Å²) < 4.78 is 3.15. The van der Waals surface area contributed by atoms with Crippen LogP contribution < -0.4 is 5.69 Å². The fourth-order valence-corrected chi connectivity index (χ4v) is 2.72. The topological polar surface area (TPSA) is 39.8 Å². The van der Waals surface area contributed by atoms with Crippen LogP contribution in [0.2, 0.25) is 0 Å². The molecule has 2 heterocycles. The minimum absolute atomic E-state index is 0.0424. The first-order chi connectivity index (χ1) is 9.20. The average Bonchev–Trinajstić information content (AvgIpc) is 2.72. The lowest BCUT2D eigenvalue weighted by Gasteiger charge is -2.13. The van der Waals surface area contributed by atoms with Crippen LogP contribution in [0.15, 0.2) is 53.5 Å². The summed E-state index contributed by atoms with van der Waals surface area (Å²) in [6.45, 7) is 2.01. The van der Waals surface area contributed by atoms with Crippen molar-refractivity contribution in [2.24, 2.45) is 0 Å². The van der Waals surface area contributed by atoms with Gasteiger partial charge in [-0.15, -0.1) is 0 Å². The number of rotatable bonds is 2. The zero-order chi connectivity index (χ0) is 13.4. The smallest absolute Gasteiger partial charge is 0.282 e. The fourth-order valence-electron chi connectivity index (χ4n) is 2.27. The van der Waals surface area contributed by atoms with Gasteiger partial charge in [0.2, 0.25) is 0 Å². The highest BCUT2D eigenvalue weighted by Crippen LogP contribution is 2.21. The molecule has 1 atom stereocenters. The predicted molar refractivity (Wildman–Crippen MR) is 78.6 cm³/mol. The van der Waals surface area contributed by atoms with Crippen molar-refractivity contribution < 1.29 is 0 Å². The van der Waals surface area contributed by atoms with Crippen LogP contribution in [0.5, 0.6) is 0 Å². The van der Waals surface area contributed by atoms with E-state index in [2.05, 4.69) is 21.1 Å². The fraction of sp³-hybridized carbons (Fsp3) is 0.143. The van der Waals surface area contributed by atoms with Crippen molar-refractivity contribution >= 4 is 27.3 Å². The Balaban J connectivity index is 2.26. The maximum atomic E-state index is 12.3. The Morgan fingerprint density at radius 2 is 1.89 bits per heavy atom. The largest absolute Gasteiger partial charge is 0.341 e. The molecule has 3 rings (SSSR count). The molecule has 0 N–H and O–H groups in total. The van der Waals surface area contributed by atoms with Gasteiger partial charge in [0, 0.05) is 6.20 Å². The van der Waals surface area contributed by atoms with Crippen molar-refractivity contribution in [2.45, 2.75) is 13.0 Å². The number of nitrogens with zero attached hydrogens (tertiary/aromatic N) is 3. The Morgan fingerprint density at radius 1 is 1.16 bits per heavy atom. The standard InChI is InChI=1S/C14H12BrN3O/c1-10(11-6-3-2-4-7-11)17-12-8-5-9-16-13(12)18(15)14(17)19/h2-10H,1H3. The molecule has 19 heavy (non-hydrogen) atoms. The molecule has 0 aliphatic rings. The third-order valence-corrected chi connectivity index (χ3v) is 3.89. The molecule has 1 aromatic carbocycles. The summed E-state index contributed by atoms with van der Waals surface area (Å²) >= 11 is 3.26. The summed E-state index contributed by atoms with van der Waals surface area (Å²) in [5.41, 5.74) is 2.43. The van der Waals surface area contributed by atoms with Gasteiger partial charge in [-0.3, -0.25) is 4.57 Å². The highest BCUT2D eigenvalue weighted by molar-refractivity contribution is 9.08. The lowest BCUT2D eigenvalue weighted by atomic mass is 10.1. The van der Waals surface area contributed by atoms with Crippen LogP contribution in [-0.2, 0) is 0 Å². The Labute approximate surface area is 118 Å². The number of fused-ring (bicyclic) bond motifs is 1. The van der Waals surface area contributed by atoms with E-state index in [-0.39, 0.29) is 11.7 Å². The van der Waals surface area contributed by atoms with Gasteiger partial charge in [-0.1, -0.05) is 30.3 Å². The summed E-state index contributed by atoms with van der Waals surface area (Å²) in [6.07, 6.45) is 1.68. The van der Waals surface area contributed by atoms with Crippen LogP contribution in [0.25, 0.3) is 11.2 Å². The molecule has 0 spiro atoms. The molecule has 1 unspecified atom stereocenters. The van der Waals surface area contributed by atoms with Crippen LogP contribution in [0.3, 0.4) is 0 Å². The van der Waals surface area contributed by atoms with Crippen molar-refractivity contribution in [3.63, 3.8) is 0 Å². The van der Waals surface area contributed by atoms with E-state index in [4.69, 9.17) is 0 Å². The normalized spacial score (nSPS) is 12.7. The second kappa shape index (κ2) is 4.66. The van der Waals surface area contributed by atoms with Gasteiger partial charge in [0.15, 0.2) is 5.65 Å². The van der Waals surface area contributed by atoms with Crippen molar-refractivity contribution in [1.29, 1.82) is 0 Å². The highest BCUT2D eigenvalue weighted by Gasteiger charge is 2.17. The minimum Gasteiger partial charge on any atom is -0.282 e. The quantitative estimate of drug-likeness (QED) is 0.729. The van der Waals surface area contributed by atoms with Crippen LogP contribution in [0.1, 0.15) is 18.5 Å². The molecule has 0 radical (unpaired) electrons. The van der Waals surface area contributed by atoms with Crippen LogP contribution in [-0.4, -0.2) is 13.1 Å². The van der Waals surface area contributed by atoms with E-state index in [1.165, 1.54) is 3.59 Å². The molecule has 5 heteroatoms. The van der Waals surface area contributed by atoms with Gasteiger partial charge < -0.3 is 0 Å². The number of halogens is 1. The monoisotopic (exact) mass is 317 g/mol. The second-order valence-corrected chi connectivity index (χ2v) is 5.08. The van der Waals surface area contributed by atoms with E-state index in [1.54, 1.807) is 10.8 Å². The summed E-state index contributed by atoms with van der Waals surface area (Å²) in [7, 11) is 0. The van der Waals surface area contributed by atoms with E-state index in [0.29, 0.717) is 5.65 Å². The predicted octanol–water partition coefficient (Wildman–Crippen LogP) is 2.97. The number of aromatic nitrogens is 3. The Hall–Kier alpha value is -1.88. The van der Waals surface area contributed by atoms with Crippen LogP contribution >= 0.6 is 16.1 Å². The average molecular weight is 318 g/mol. The second-order valence-electron chi connectivity index (χ2n) is 4.37. The van der Waals surface area contributed by atoms with Gasteiger partial charge in [-0.2, -0.15) is 0 Å².